The summed E-state index contributed by atoms with van der Waals surface area (Å²) in [5.41, 5.74) is 0.880. The van der Waals surface area contributed by atoms with Crippen molar-refractivity contribution in [3.8, 4) is 5.75 Å². The van der Waals surface area contributed by atoms with Crippen molar-refractivity contribution in [2.24, 2.45) is 0 Å². The zero-order valence-corrected chi connectivity index (χ0v) is 14.9. The van der Waals surface area contributed by atoms with Crippen LogP contribution in [0, 0.1) is 20.2 Å². The fourth-order valence-electron chi connectivity index (χ4n) is 3.24. The standard InChI is InChI=1S/C18H20N4O5/c1-27-18-12-15(16(21(23)24)11-17(18)22(25)26)20-9-7-19(8-10-20)13-14-5-3-2-4-6-14/h2-6,11-12H,7-10,13H2,1H3. The Morgan fingerprint density at radius 1 is 0.963 bits per heavy atom. The minimum absolute atomic E-state index is 0.0207. The topological polar surface area (TPSA) is 102 Å². The molecule has 2 aromatic rings. The molecule has 9 nitrogen and oxygen atoms in total. The average molecular weight is 372 g/mol. The number of hydrogen-bond donors (Lipinski definition) is 0. The quantitative estimate of drug-likeness (QED) is 0.567. The molecule has 1 fully saturated rings. The van der Waals surface area contributed by atoms with Gasteiger partial charge in [-0.25, -0.2) is 0 Å². The number of hydrogen-bond acceptors (Lipinski definition) is 7. The summed E-state index contributed by atoms with van der Waals surface area (Å²) in [6.45, 7) is 3.49. The number of nitro groups is 2. The second-order valence-corrected chi connectivity index (χ2v) is 6.28. The molecule has 0 bridgehead atoms. The summed E-state index contributed by atoms with van der Waals surface area (Å²) in [5, 5.41) is 22.6. The number of nitrogens with zero attached hydrogens (tertiary/aromatic N) is 4. The Kier molecular flexibility index (Phi) is 5.51. The lowest BCUT2D eigenvalue weighted by molar-refractivity contribution is -0.394. The lowest BCUT2D eigenvalue weighted by Gasteiger charge is -2.35. The van der Waals surface area contributed by atoms with Gasteiger partial charge in [0.1, 0.15) is 5.69 Å². The van der Waals surface area contributed by atoms with E-state index in [-0.39, 0.29) is 11.4 Å². The van der Waals surface area contributed by atoms with Gasteiger partial charge in [0.25, 0.3) is 5.69 Å². The number of piperazine rings is 1. The van der Waals surface area contributed by atoms with E-state index in [4.69, 9.17) is 4.74 Å². The van der Waals surface area contributed by atoms with Crippen LogP contribution in [-0.4, -0.2) is 48.0 Å². The summed E-state index contributed by atoms with van der Waals surface area (Å²) in [6, 6.07) is 12.5. The van der Waals surface area contributed by atoms with E-state index in [0.29, 0.717) is 18.8 Å². The smallest absolute Gasteiger partial charge is 0.317 e. The second-order valence-electron chi connectivity index (χ2n) is 6.28. The Labute approximate surface area is 156 Å². The maximum absolute atomic E-state index is 11.4. The van der Waals surface area contributed by atoms with Crippen LogP contribution in [0.25, 0.3) is 0 Å². The highest BCUT2D eigenvalue weighted by Crippen LogP contribution is 2.39. The largest absolute Gasteiger partial charge is 0.490 e. The molecule has 0 aliphatic carbocycles. The minimum Gasteiger partial charge on any atom is -0.490 e. The molecule has 0 spiro atoms. The highest BCUT2D eigenvalue weighted by Gasteiger charge is 2.29. The summed E-state index contributed by atoms with van der Waals surface area (Å²) >= 11 is 0. The number of methoxy groups -OCH3 is 1. The van der Waals surface area contributed by atoms with Gasteiger partial charge >= 0.3 is 5.69 Å². The summed E-state index contributed by atoms with van der Waals surface area (Å²) in [7, 11) is 1.32. The van der Waals surface area contributed by atoms with E-state index < -0.39 is 15.5 Å². The molecule has 3 rings (SSSR count). The Morgan fingerprint density at radius 2 is 1.59 bits per heavy atom. The molecule has 0 radical (unpaired) electrons. The van der Waals surface area contributed by atoms with Crippen molar-refractivity contribution in [3.05, 3.63) is 68.3 Å². The van der Waals surface area contributed by atoms with E-state index in [1.165, 1.54) is 18.7 Å². The van der Waals surface area contributed by atoms with Crippen molar-refractivity contribution in [1.29, 1.82) is 0 Å². The SMILES string of the molecule is COc1cc(N2CCN(Cc3ccccc3)CC2)c([N+](=O)[O-])cc1[N+](=O)[O-]. The number of rotatable bonds is 6. The molecule has 0 aromatic heterocycles. The maximum atomic E-state index is 11.4. The molecule has 0 atom stereocenters. The summed E-state index contributed by atoms with van der Waals surface area (Å²) in [4.78, 5) is 25.5. The maximum Gasteiger partial charge on any atom is 0.317 e. The highest BCUT2D eigenvalue weighted by molar-refractivity contribution is 5.71. The zero-order chi connectivity index (χ0) is 19.4. The lowest BCUT2D eigenvalue weighted by Crippen LogP contribution is -2.46. The predicted octanol–water partition coefficient (Wildman–Crippen LogP) is 2.83. The van der Waals surface area contributed by atoms with Crippen molar-refractivity contribution in [2.45, 2.75) is 6.54 Å². The Bertz CT molecular complexity index is 835. The molecule has 142 valence electrons. The number of ether oxygens (including phenoxy) is 1. The van der Waals surface area contributed by atoms with Crippen molar-refractivity contribution in [3.63, 3.8) is 0 Å². The average Bonchev–Trinajstić information content (AvgIpc) is 2.68. The van der Waals surface area contributed by atoms with Gasteiger partial charge in [0.05, 0.1) is 23.0 Å². The van der Waals surface area contributed by atoms with E-state index in [9.17, 15) is 20.2 Å². The monoisotopic (exact) mass is 372 g/mol. The molecule has 27 heavy (non-hydrogen) atoms. The molecule has 0 N–H and O–H groups in total. The van der Waals surface area contributed by atoms with Crippen LogP contribution in [0.1, 0.15) is 5.56 Å². The van der Waals surface area contributed by atoms with Gasteiger partial charge < -0.3 is 9.64 Å². The van der Waals surface area contributed by atoms with Gasteiger partial charge in [-0.05, 0) is 5.56 Å². The van der Waals surface area contributed by atoms with Crippen LogP contribution in [0.15, 0.2) is 42.5 Å². The molecule has 9 heteroatoms. The van der Waals surface area contributed by atoms with E-state index in [2.05, 4.69) is 17.0 Å². The van der Waals surface area contributed by atoms with Crippen molar-refractivity contribution in [2.75, 3.05) is 38.2 Å². The first-order valence-corrected chi connectivity index (χ1v) is 8.51. The predicted molar refractivity (Wildman–Crippen MR) is 100 cm³/mol. The van der Waals surface area contributed by atoms with E-state index in [1.54, 1.807) is 0 Å². The molecule has 0 saturated carbocycles. The molecule has 1 aliphatic heterocycles. The van der Waals surface area contributed by atoms with Crippen LogP contribution < -0.4 is 9.64 Å². The van der Waals surface area contributed by atoms with Crippen LogP contribution in [0.3, 0.4) is 0 Å². The van der Waals surface area contributed by atoms with Gasteiger partial charge in [0.2, 0.25) is 0 Å². The second kappa shape index (κ2) is 8.00. The fourth-order valence-corrected chi connectivity index (χ4v) is 3.24. The first-order chi connectivity index (χ1) is 13.0. The Morgan fingerprint density at radius 3 is 2.15 bits per heavy atom. The van der Waals surface area contributed by atoms with Gasteiger partial charge in [-0.1, -0.05) is 30.3 Å². The molecule has 1 saturated heterocycles. The van der Waals surface area contributed by atoms with Crippen molar-refractivity contribution in [1.82, 2.24) is 4.90 Å². The Hall–Kier alpha value is -3.20. The Balaban J connectivity index is 1.78. The van der Waals surface area contributed by atoms with Gasteiger partial charge in [-0.15, -0.1) is 0 Å². The fraction of sp³-hybridized carbons (Fsp3) is 0.333. The number of nitro benzene ring substituents is 2. The molecule has 2 aromatic carbocycles. The zero-order valence-electron chi connectivity index (χ0n) is 14.9. The summed E-state index contributed by atoms with van der Waals surface area (Å²) in [5.74, 6) is 0.0207. The molecule has 0 unspecified atom stereocenters. The molecular formula is C18H20N4O5. The van der Waals surface area contributed by atoms with Gasteiger partial charge in [-0.2, -0.15) is 0 Å². The van der Waals surface area contributed by atoms with Gasteiger partial charge in [0.15, 0.2) is 5.75 Å². The third-order valence-corrected chi connectivity index (χ3v) is 4.63. The normalized spacial score (nSPS) is 14.8. The van der Waals surface area contributed by atoms with Crippen LogP contribution >= 0.6 is 0 Å². The highest BCUT2D eigenvalue weighted by atomic mass is 16.6. The molecule has 1 aliphatic rings. The van der Waals surface area contributed by atoms with Crippen LogP contribution in [0.4, 0.5) is 17.1 Å². The minimum atomic E-state index is -0.673. The van der Waals surface area contributed by atoms with E-state index >= 15 is 0 Å². The van der Waals surface area contributed by atoms with Crippen LogP contribution in [-0.2, 0) is 6.54 Å². The van der Waals surface area contributed by atoms with Crippen molar-refractivity contribution < 1.29 is 14.6 Å². The van der Waals surface area contributed by atoms with Gasteiger partial charge in [-0.3, -0.25) is 25.1 Å². The number of anilines is 1. The van der Waals surface area contributed by atoms with Crippen molar-refractivity contribution >= 4 is 17.1 Å². The molecule has 1 heterocycles. The third kappa shape index (κ3) is 4.14. The number of benzene rings is 2. The third-order valence-electron chi connectivity index (χ3n) is 4.63. The molecule has 0 amide bonds. The summed E-state index contributed by atoms with van der Waals surface area (Å²) < 4.78 is 5.07. The van der Waals surface area contributed by atoms with Gasteiger partial charge in [0, 0.05) is 38.8 Å². The van der Waals surface area contributed by atoms with E-state index in [1.807, 2.05) is 23.1 Å². The first kappa shape index (κ1) is 18.6. The first-order valence-electron chi connectivity index (χ1n) is 8.51. The summed E-state index contributed by atoms with van der Waals surface area (Å²) in [6.07, 6.45) is 0. The molecular weight excluding hydrogens is 352 g/mol. The van der Waals surface area contributed by atoms with Crippen LogP contribution in [0.5, 0.6) is 5.75 Å². The van der Waals surface area contributed by atoms with E-state index in [0.717, 1.165) is 25.7 Å². The van der Waals surface area contributed by atoms with Crippen LogP contribution in [0.2, 0.25) is 0 Å². The lowest BCUT2D eigenvalue weighted by atomic mass is 10.1.